The van der Waals surface area contributed by atoms with Crippen LogP contribution in [0.4, 0.5) is 10.1 Å². The topological polar surface area (TPSA) is 75.7 Å². The van der Waals surface area contributed by atoms with E-state index in [2.05, 4.69) is 5.32 Å². The van der Waals surface area contributed by atoms with Crippen LogP contribution in [0.2, 0.25) is 0 Å². The maximum atomic E-state index is 13.9. The molecule has 0 spiro atoms. The number of hydrogen-bond donors (Lipinski definition) is 1. The Bertz CT molecular complexity index is 1020. The van der Waals surface area contributed by atoms with E-state index < -0.39 is 21.9 Å². The average Bonchev–Trinajstić information content (AvgIpc) is 2.96. The number of hydrogen-bond acceptors (Lipinski definition) is 4. The van der Waals surface area contributed by atoms with Gasteiger partial charge < -0.3 is 10.1 Å². The molecular weight excluding hydrogens is 383 g/mol. The minimum absolute atomic E-state index is 0.144. The first kappa shape index (κ1) is 20.1. The molecular formula is C20H23FN2O4S. The first-order chi connectivity index (χ1) is 13.1. The van der Waals surface area contributed by atoms with Crippen LogP contribution in [0.25, 0.3) is 0 Å². The van der Waals surface area contributed by atoms with Gasteiger partial charge in [0.15, 0.2) is 11.6 Å². The fourth-order valence-electron chi connectivity index (χ4n) is 3.56. The third-order valence-electron chi connectivity index (χ3n) is 4.88. The second-order valence-electron chi connectivity index (χ2n) is 7.04. The Morgan fingerprint density at radius 2 is 2.00 bits per heavy atom. The number of carbonyl (C=O) groups is 1. The van der Waals surface area contributed by atoms with E-state index in [0.29, 0.717) is 23.2 Å². The highest BCUT2D eigenvalue weighted by Crippen LogP contribution is 2.34. The van der Waals surface area contributed by atoms with E-state index in [4.69, 9.17) is 4.74 Å². The van der Waals surface area contributed by atoms with Gasteiger partial charge in [-0.25, -0.2) is 12.8 Å². The predicted octanol–water partition coefficient (Wildman–Crippen LogP) is 3.04. The molecule has 0 bridgehead atoms. The van der Waals surface area contributed by atoms with Crippen LogP contribution in [0, 0.1) is 5.82 Å². The number of nitrogens with zero attached hydrogens (tertiary/aromatic N) is 1. The fraction of sp³-hybridized carbons (Fsp3) is 0.350. The summed E-state index contributed by atoms with van der Waals surface area (Å²) in [5.41, 5.74) is 2.47. The normalized spacial score (nSPS) is 17.2. The summed E-state index contributed by atoms with van der Waals surface area (Å²) in [6.07, 6.45) is 1.72. The minimum Gasteiger partial charge on any atom is -0.494 e. The standard InChI is InChI=1S/C20H23FN2O4S/c1-12-9-16-10-15(5-7-18(16)23(12)28(4,25)26)20(24)22-13(2)14-6-8-19(27-3)17(21)11-14/h5-8,10-13H,9H2,1-4H3,(H,22,24)/t12-,13+/m0/s1. The van der Waals surface area contributed by atoms with Crippen molar-refractivity contribution < 1.29 is 22.3 Å². The fourth-order valence-corrected chi connectivity index (χ4v) is 4.83. The number of anilines is 1. The Morgan fingerprint density at radius 3 is 2.61 bits per heavy atom. The van der Waals surface area contributed by atoms with Crippen molar-refractivity contribution in [2.45, 2.75) is 32.4 Å². The van der Waals surface area contributed by atoms with Gasteiger partial charge in [0, 0.05) is 11.6 Å². The van der Waals surface area contributed by atoms with E-state index in [9.17, 15) is 17.6 Å². The zero-order valence-corrected chi connectivity index (χ0v) is 17.0. The van der Waals surface area contributed by atoms with Crippen molar-refractivity contribution >= 4 is 21.6 Å². The monoisotopic (exact) mass is 406 g/mol. The molecule has 8 heteroatoms. The number of ether oxygens (including phenoxy) is 1. The quantitative estimate of drug-likeness (QED) is 0.828. The molecule has 2 aromatic rings. The zero-order chi connectivity index (χ0) is 20.6. The van der Waals surface area contributed by atoms with E-state index in [0.717, 1.165) is 5.56 Å². The predicted molar refractivity (Wildman–Crippen MR) is 106 cm³/mol. The molecule has 6 nitrogen and oxygen atoms in total. The van der Waals surface area contributed by atoms with E-state index in [1.165, 1.54) is 29.8 Å². The van der Waals surface area contributed by atoms with Crippen LogP contribution in [0.3, 0.4) is 0 Å². The number of halogens is 1. The molecule has 1 aliphatic heterocycles. The molecule has 0 aromatic heterocycles. The zero-order valence-electron chi connectivity index (χ0n) is 16.2. The largest absolute Gasteiger partial charge is 0.494 e. The molecule has 0 radical (unpaired) electrons. The van der Waals surface area contributed by atoms with Crippen LogP contribution in [-0.2, 0) is 16.4 Å². The molecule has 2 atom stereocenters. The highest BCUT2D eigenvalue weighted by atomic mass is 32.2. The van der Waals surface area contributed by atoms with Crippen LogP contribution >= 0.6 is 0 Å². The SMILES string of the molecule is COc1ccc([C@@H](C)NC(=O)c2ccc3c(c2)C[C@H](C)N3S(C)(=O)=O)cc1F. The number of amides is 1. The molecule has 0 fully saturated rings. The number of methoxy groups -OCH3 is 1. The van der Waals surface area contributed by atoms with Crippen LogP contribution < -0.4 is 14.4 Å². The lowest BCUT2D eigenvalue weighted by Gasteiger charge is -2.22. The molecule has 0 saturated heterocycles. The Labute approximate surface area is 164 Å². The van der Waals surface area contributed by atoms with Crippen LogP contribution in [-0.4, -0.2) is 33.7 Å². The Hall–Kier alpha value is -2.61. The Balaban J connectivity index is 1.79. The summed E-state index contributed by atoms with van der Waals surface area (Å²) in [7, 11) is -1.98. The number of carbonyl (C=O) groups excluding carboxylic acids is 1. The van der Waals surface area contributed by atoms with Gasteiger partial charge in [0.05, 0.1) is 25.1 Å². The van der Waals surface area contributed by atoms with Gasteiger partial charge >= 0.3 is 0 Å². The van der Waals surface area contributed by atoms with Crippen LogP contribution in [0.1, 0.15) is 41.4 Å². The molecule has 1 heterocycles. The summed E-state index contributed by atoms with van der Waals surface area (Å²) in [5, 5.41) is 2.84. The van der Waals surface area contributed by atoms with Crippen molar-refractivity contribution in [1.29, 1.82) is 0 Å². The molecule has 0 saturated carbocycles. The molecule has 150 valence electrons. The third kappa shape index (κ3) is 3.82. The van der Waals surface area contributed by atoms with Crippen molar-refractivity contribution in [1.82, 2.24) is 5.32 Å². The number of fused-ring (bicyclic) bond motifs is 1. The van der Waals surface area contributed by atoms with Crippen LogP contribution in [0.5, 0.6) is 5.75 Å². The maximum absolute atomic E-state index is 13.9. The Morgan fingerprint density at radius 1 is 1.29 bits per heavy atom. The van der Waals surface area contributed by atoms with Crippen molar-refractivity contribution in [2.75, 3.05) is 17.7 Å². The molecule has 0 unspecified atom stereocenters. The van der Waals surface area contributed by atoms with Crippen molar-refractivity contribution in [2.24, 2.45) is 0 Å². The van der Waals surface area contributed by atoms with E-state index >= 15 is 0 Å². The van der Waals surface area contributed by atoms with Gasteiger partial charge in [0.2, 0.25) is 10.0 Å². The highest BCUT2D eigenvalue weighted by molar-refractivity contribution is 7.92. The first-order valence-corrected chi connectivity index (χ1v) is 10.7. The summed E-state index contributed by atoms with van der Waals surface area (Å²) in [6.45, 7) is 3.60. The van der Waals surface area contributed by atoms with Gasteiger partial charge in [-0.3, -0.25) is 9.10 Å². The molecule has 2 aromatic carbocycles. The highest BCUT2D eigenvalue weighted by Gasteiger charge is 2.32. The van der Waals surface area contributed by atoms with Crippen molar-refractivity contribution in [3.63, 3.8) is 0 Å². The smallest absolute Gasteiger partial charge is 0.251 e. The third-order valence-corrected chi connectivity index (χ3v) is 6.15. The minimum atomic E-state index is -3.38. The van der Waals surface area contributed by atoms with Gasteiger partial charge in [-0.05, 0) is 61.7 Å². The van der Waals surface area contributed by atoms with E-state index in [1.54, 1.807) is 31.2 Å². The number of sulfonamides is 1. The van der Waals surface area contributed by atoms with Crippen molar-refractivity contribution in [3.05, 3.63) is 58.9 Å². The summed E-state index contributed by atoms with van der Waals surface area (Å²) in [5.74, 6) is -0.657. The lowest BCUT2D eigenvalue weighted by atomic mass is 10.0. The number of benzene rings is 2. The van der Waals surface area contributed by atoms with Gasteiger partial charge in [0.1, 0.15) is 0 Å². The second kappa shape index (κ2) is 7.43. The van der Waals surface area contributed by atoms with Gasteiger partial charge in [0.25, 0.3) is 5.91 Å². The molecule has 1 N–H and O–H groups in total. The molecule has 28 heavy (non-hydrogen) atoms. The van der Waals surface area contributed by atoms with Crippen molar-refractivity contribution in [3.8, 4) is 5.75 Å². The van der Waals surface area contributed by atoms with Gasteiger partial charge in [-0.2, -0.15) is 0 Å². The molecule has 1 aliphatic rings. The number of nitrogens with one attached hydrogen (secondary N) is 1. The molecule has 1 amide bonds. The lowest BCUT2D eigenvalue weighted by molar-refractivity contribution is 0.0939. The molecule has 0 aliphatic carbocycles. The summed E-state index contributed by atoms with van der Waals surface area (Å²) in [4.78, 5) is 12.6. The van der Waals surface area contributed by atoms with Gasteiger partial charge in [-0.1, -0.05) is 6.07 Å². The molecule has 3 rings (SSSR count). The van der Waals surface area contributed by atoms with E-state index in [-0.39, 0.29) is 17.7 Å². The average molecular weight is 406 g/mol. The Kier molecular flexibility index (Phi) is 5.34. The van der Waals surface area contributed by atoms with Crippen LogP contribution in [0.15, 0.2) is 36.4 Å². The summed E-state index contributed by atoms with van der Waals surface area (Å²) < 4.78 is 44.2. The maximum Gasteiger partial charge on any atom is 0.251 e. The summed E-state index contributed by atoms with van der Waals surface area (Å²) >= 11 is 0. The van der Waals surface area contributed by atoms with E-state index in [1.807, 2.05) is 6.92 Å². The van der Waals surface area contributed by atoms with Gasteiger partial charge in [-0.15, -0.1) is 0 Å². The first-order valence-electron chi connectivity index (χ1n) is 8.88. The lowest BCUT2D eigenvalue weighted by Crippen LogP contribution is -2.34. The number of rotatable bonds is 5. The summed E-state index contributed by atoms with van der Waals surface area (Å²) in [6, 6.07) is 8.92. The second-order valence-corrected chi connectivity index (χ2v) is 8.90.